The Balaban J connectivity index is 1.88. The number of hydrogen-bond donors (Lipinski definition) is 3. The van der Waals surface area contributed by atoms with E-state index in [9.17, 15) is 21.6 Å². The summed E-state index contributed by atoms with van der Waals surface area (Å²) in [4.78, 5) is 13.7. The van der Waals surface area contributed by atoms with Gasteiger partial charge in [-0.15, -0.1) is 11.3 Å². The molecule has 0 aliphatic heterocycles. The van der Waals surface area contributed by atoms with Gasteiger partial charge in [-0.05, 0) is 51.6 Å². The Morgan fingerprint density at radius 1 is 1.00 bits per heavy atom. The Kier molecular flexibility index (Phi) is 8.89. The minimum absolute atomic E-state index is 0.0292. The van der Waals surface area contributed by atoms with Gasteiger partial charge in [-0.3, -0.25) is 4.79 Å². The SMILES string of the molecule is CNS(=O)(=O)c1cccc(-c2ccc(OC)cc2OC)c1NC(=O)c1sc(C)c(C)c1S(=O)(=O)Nc1onc(C)c1Cl. The highest BCUT2D eigenvalue weighted by molar-refractivity contribution is 7.93. The van der Waals surface area contributed by atoms with E-state index in [4.69, 9.17) is 25.6 Å². The molecule has 2 aromatic heterocycles. The molecule has 3 N–H and O–H groups in total. The molecular formula is C26H27ClN4O8S3. The minimum atomic E-state index is -4.41. The Morgan fingerprint density at radius 2 is 1.71 bits per heavy atom. The van der Waals surface area contributed by atoms with Gasteiger partial charge in [0.2, 0.25) is 10.0 Å². The lowest BCUT2D eigenvalue weighted by Crippen LogP contribution is -2.23. The zero-order valence-electron chi connectivity index (χ0n) is 23.3. The molecule has 2 heterocycles. The largest absolute Gasteiger partial charge is 0.497 e. The summed E-state index contributed by atoms with van der Waals surface area (Å²) in [6.07, 6.45) is 0. The molecule has 1 amide bonds. The quantitative estimate of drug-likeness (QED) is 0.214. The van der Waals surface area contributed by atoms with Crippen LogP contribution in [0, 0.1) is 20.8 Å². The van der Waals surface area contributed by atoms with Crippen LogP contribution < -0.4 is 24.2 Å². The smallest absolute Gasteiger partial charge is 0.267 e. The van der Waals surface area contributed by atoms with Crippen molar-refractivity contribution >= 4 is 60.5 Å². The Hall–Kier alpha value is -3.63. The highest BCUT2D eigenvalue weighted by Gasteiger charge is 2.32. The molecule has 0 aliphatic carbocycles. The van der Waals surface area contributed by atoms with Crippen molar-refractivity contribution in [2.24, 2.45) is 0 Å². The first-order valence-electron chi connectivity index (χ1n) is 12.1. The molecule has 0 saturated heterocycles. The lowest BCUT2D eigenvalue weighted by Gasteiger charge is -2.18. The second-order valence-corrected chi connectivity index (χ2v) is 13.9. The number of hydrogen-bond acceptors (Lipinski definition) is 10. The van der Waals surface area contributed by atoms with Crippen molar-refractivity contribution in [1.82, 2.24) is 9.88 Å². The zero-order chi connectivity index (χ0) is 31.0. The standard InChI is InChI=1S/C26H27ClN4O8S3/c1-13-15(3)40-23(24(13)42(35,36)31-26-21(27)14(2)30-39-26)25(32)29-22-18(8-7-9-20(22)41(33,34)28-4)17-11-10-16(37-5)12-19(17)38-6/h7-12,28,31H,1-6H3,(H,29,32). The van der Waals surface area contributed by atoms with Crippen LogP contribution >= 0.6 is 22.9 Å². The number of aryl methyl sites for hydroxylation is 2. The van der Waals surface area contributed by atoms with E-state index in [0.29, 0.717) is 33.1 Å². The van der Waals surface area contributed by atoms with Gasteiger partial charge in [-0.25, -0.2) is 26.3 Å². The molecule has 12 nitrogen and oxygen atoms in total. The second-order valence-electron chi connectivity index (χ2n) is 8.86. The van der Waals surface area contributed by atoms with E-state index in [-0.39, 0.29) is 37.0 Å². The minimum Gasteiger partial charge on any atom is -0.497 e. The third kappa shape index (κ3) is 5.83. The molecule has 0 bridgehead atoms. The predicted molar refractivity (Wildman–Crippen MR) is 160 cm³/mol. The van der Waals surface area contributed by atoms with Crippen molar-refractivity contribution in [3.05, 3.63) is 62.4 Å². The van der Waals surface area contributed by atoms with Crippen LogP contribution in [-0.4, -0.2) is 49.2 Å². The summed E-state index contributed by atoms with van der Waals surface area (Å²) in [5, 5.41) is 6.28. The van der Waals surface area contributed by atoms with Crippen LogP contribution in [0.5, 0.6) is 11.5 Å². The number of nitrogens with one attached hydrogen (secondary N) is 3. The maximum atomic E-state index is 13.9. The third-order valence-electron chi connectivity index (χ3n) is 6.34. The molecule has 2 aromatic carbocycles. The van der Waals surface area contributed by atoms with E-state index in [1.54, 1.807) is 38.1 Å². The number of rotatable bonds is 10. The number of aromatic nitrogens is 1. The number of sulfonamides is 2. The fourth-order valence-corrected chi connectivity index (χ4v) is 8.01. The number of anilines is 2. The number of ether oxygens (including phenoxy) is 2. The number of carbonyl (C=O) groups excluding carboxylic acids is 1. The first kappa shape index (κ1) is 31.3. The van der Waals surface area contributed by atoms with Crippen molar-refractivity contribution in [1.29, 1.82) is 0 Å². The molecule has 224 valence electrons. The molecule has 4 rings (SSSR count). The topological polar surface area (TPSA) is 166 Å². The molecule has 0 unspecified atom stereocenters. The zero-order valence-corrected chi connectivity index (χ0v) is 26.5. The number of amides is 1. The van der Waals surface area contributed by atoms with Gasteiger partial charge in [-0.1, -0.05) is 28.9 Å². The van der Waals surface area contributed by atoms with Gasteiger partial charge in [0, 0.05) is 22.1 Å². The highest BCUT2D eigenvalue weighted by atomic mass is 35.5. The van der Waals surface area contributed by atoms with Crippen LogP contribution in [0.1, 0.15) is 25.8 Å². The third-order valence-corrected chi connectivity index (χ3v) is 11.1. The normalized spacial score (nSPS) is 11.8. The van der Waals surface area contributed by atoms with Crippen LogP contribution in [0.15, 0.2) is 50.7 Å². The Morgan fingerprint density at radius 3 is 2.31 bits per heavy atom. The second kappa shape index (κ2) is 11.9. The summed E-state index contributed by atoms with van der Waals surface area (Å²) >= 11 is 7.04. The molecule has 0 spiro atoms. The number of benzene rings is 2. The summed E-state index contributed by atoms with van der Waals surface area (Å²) in [5.74, 6) is -0.320. The van der Waals surface area contributed by atoms with E-state index in [2.05, 4.69) is 19.9 Å². The Bertz CT molecular complexity index is 1900. The molecule has 0 saturated carbocycles. The van der Waals surface area contributed by atoms with Crippen molar-refractivity contribution in [3.8, 4) is 22.6 Å². The molecule has 0 fully saturated rings. The number of para-hydroxylation sites is 1. The van der Waals surface area contributed by atoms with Crippen LogP contribution in [0.4, 0.5) is 11.6 Å². The molecule has 0 radical (unpaired) electrons. The summed E-state index contributed by atoms with van der Waals surface area (Å²) in [6, 6.07) is 9.36. The van der Waals surface area contributed by atoms with Gasteiger partial charge in [0.15, 0.2) is 0 Å². The molecule has 42 heavy (non-hydrogen) atoms. The molecular weight excluding hydrogens is 628 g/mol. The van der Waals surface area contributed by atoms with Crippen molar-refractivity contribution in [2.75, 3.05) is 31.3 Å². The summed E-state index contributed by atoms with van der Waals surface area (Å²) in [5.41, 5.74) is 1.25. The van der Waals surface area contributed by atoms with Gasteiger partial charge < -0.3 is 19.3 Å². The Labute approximate surface area is 252 Å². The number of carbonyl (C=O) groups is 1. The summed E-state index contributed by atoms with van der Waals surface area (Å²) < 4.78 is 73.4. The van der Waals surface area contributed by atoms with E-state index < -0.39 is 26.0 Å². The fourth-order valence-electron chi connectivity index (χ4n) is 4.08. The molecule has 4 aromatic rings. The van der Waals surface area contributed by atoms with Gasteiger partial charge in [0.1, 0.15) is 36.9 Å². The van der Waals surface area contributed by atoms with E-state index in [1.807, 2.05) is 0 Å². The molecule has 16 heteroatoms. The first-order chi connectivity index (χ1) is 19.7. The lowest BCUT2D eigenvalue weighted by molar-refractivity contribution is 0.102. The average Bonchev–Trinajstić information content (AvgIpc) is 3.45. The first-order valence-corrected chi connectivity index (χ1v) is 16.3. The van der Waals surface area contributed by atoms with Gasteiger partial charge in [-0.2, -0.15) is 0 Å². The lowest BCUT2D eigenvalue weighted by atomic mass is 10.0. The van der Waals surface area contributed by atoms with Crippen molar-refractivity contribution < 1.29 is 35.6 Å². The summed E-state index contributed by atoms with van der Waals surface area (Å²) in [7, 11) is -4.34. The molecule has 0 atom stereocenters. The van der Waals surface area contributed by atoms with Crippen LogP contribution in [0.2, 0.25) is 5.02 Å². The maximum absolute atomic E-state index is 13.9. The number of methoxy groups -OCH3 is 2. The average molecular weight is 655 g/mol. The van der Waals surface area contributed by atoms with Crippen molar-refractivity contribution in [3.63, 3.8) is 0 Å². The maximum Gasteiger partial charge on any atom is 0.267 e. The van der Waals surface area contributed by atoms with E-state index >= 15 is 0 Å². The van der Waals surface area contributed by atoms with Crippen molar-refractivity contribution in [2.45, 2.75) is 30.6 Å². The fraction of sp³-hybridized carbons (Fsp3) is 0.231. The van der Waals surface area contributed by atoms with Crippen LogP contribution in [-0.2, 0) is 20.0 Å². The van der Waals surface area contributed by atoms with Gasteiger partial charge in [0.25, 0.3) is 21.8 Å². The monoisotopic (exact) mass is 654 g/mol. The summed E-state index contributed by atoms with van der Waals surface area (Å²) in [6.45, 7) is 4.75. The number of nitrogens with zero attached hydrogens (tertiary/aromatic N) is 1. The van der Waals surface area contributed by atoms with Gasteiger partial charge >= 0.3 is 0 Å². The van der Waals surface area contributed by atoms with E-state index in [1.165, 1.54) is 40.3 Å². The van der Waals surface area contributed by atoms with Crippen LogP contribution in [0.25, 0.3) is 11.1 Å². The van der Waals surface area contributed by atoms with Gasteiger partial charge in [0.05, 0.1) is 19.9 Å². The number of halogens is 1. The van der Waals surface area contributed by atoms with E-state index in [0.717, 1.165) is 11.3 Å². The number of thiophene rings is 1. The predicted octanol–water partition coefficient (Wildman–Crippen LogP) is 4.96. The highest BCUT2D eigenvalue weighted by Crippen LogP contribution is 2.41. The van der Waals surface area contributed by atoms with Crippen LogP contribution in [0.3, 0.4) is 0 Å². The molecule has 0 aliphatic rings.